The van der Waals surface area contributed by atoms with Crippen LogP contribution in [-0.2, 0) is 6.54 Å². The molecule has 0 unspecified atom stereocenters. The van der Waals surface area contributed by atoms with Crippen molar-refractivity contribution in [2.45, 2.75) is 39.4 Å². The van der Waals surface area contributed by atoms with E-state index in [0.29, 0.717) is 33.8 Å². The van der Waals surface area contributed by atoms with Gasteiger partial charge in [-0.15, -0.1) is 0 Å². The number of anilines is 1. The molecule has 0 spiro atoms. The summed E-state index contributed by atoms with van der Waals surface area (Å²) < 4.78 is 50.8. The molecule has 0 radical (unpaired) electrons. The summed E-state index contributed by atoms with van der Waals surface area (Å²) in [4.78, 5) is 17.0. The summed E-state index contributed by atoms with van der Waals surface area (Å²) in [5.74, 6) is 0.501. The highest BCUT2D eigenvalue weighted by Crippen LogP contribution is 2.28. The van der Waals surface area contributed by atoms with E-state index in [-0.39, 0.29) is 24.2 Å². The molecule has 3 N–H and O–H groups in total. The molecule has 4 aromatic heterocycles. The van der Waals surface area contributed by atoms with Gasteiger partial charge in [0.15, 0.2) is 11.5 Å². The van der Waals surface area contributed by atoms with Crippen LogP contribution in [-0.4, -0.2) is 47.8 Å². The Morgan fingerprint density at radius 3 is 2.73 bits per heavy atom. The minimum atomic E-state index is -2.55. The standard InChI is InChI=1S/C19H21F3N8/c1-10-25-13-5-4-12(26-17(13)29(10)8-14(20)21)11-6-7-30-15(11)16(23)27-18(28-30)24-9-19(2,3)22/h4-7,14H,8-9H2,1-3H3,(H3,23,24,27,28)/i7D. The maximum absolute atomic E-state index is 13.8. The van der Waals surface area contributed by atoms with Gasteiger partial charge in [-0.3, -0.25) is 9.61 Å². The number of pyridine rings is 1. The van der Waals surface area contributed by atoms with E-state index in [2.05, 4.69) is 25.0 Å². The number of hydrogen-bond donors (Lipinski definition) is 2. The first-order valence-corrected chi connectivity index (χ1v) is 9.23. The number of nitrogen functional groups attached to an aromatic ring is 1. The van der Waals surface area contributed by atoms with Crippen LogP contribution in [0.4, 0.5) is 19.0 Å². The lowest BCUT2D eigenvalue weighted by Gasteiger charge is -2.09. The summed E-state index contributed by atoms with van der Waals surface area (Å²) in [6, 6.07) is 4.89. The number of fused-ring (bicyclic) bond motifs is 2. The van der Waals surface area contributed by atoms with Crippen molar-refractivity contribution in [2.24, 2.45) is 4.99 Å². The number of H-pyrrole nitrogens is 1. The van der Waals surface area contributed by atoms with Gasteiger partial charge in [-0.05, 0) is 39.0 Å². The van der Waals surface area contributed by atoms with Gasteiger partial charge >= 0.3 is 0 Å². The van der Waals surface area contributed by atoms with Crippen molar-refractivity contribution < 1.29 is 14.5 Å². The number of rotatable bonds is 5. The van der Waals surface area contributed by atoms with Crippen LogP contribution in [0.15, 0.2) is 29.4 Å². The quantitative estimate of drug-likeness (QED) is 0.519. The summed E-state index contributed by atoms with van der Waals surface area (Å²) in [6.07, 6.45) is -2.50. The van der Waals surface area contributed by atoms with Crippen molar-refractivity contribution in [3.63, 3.8) is 0 Å². The summed E-state index contributed by atoms with van der Waals surface area (Å²) in [6.45, 7) is 3.77. The third-order valence-corrected chi connectivity index (χ3v) is 4.48. The van der Waals surface area contributed by atoms with Crippen molar-refractivity contribution in [3.8, 4) is 11.3 Å². The predicted molar refractivity (Wildman–Crippen MR) is 107 cm³/mol. The molecule has 11 heteroatoms. The predicted octanol–water partition coefficient (Wildman–Crippen LogP) is 2.88. The molecule has 0 aliphatic carbocycles. The second-order valence-electron chi connectivity index (χ2n) is 7.54. The Bertz CT molecular complexity index is 1350. The number of nitrogens with zero attached hydrogens (tertiary/aromatic N) is 6. The Balaban J connectivity index is 1.88. The zero-order valence-corrected chi connectivity index (χ0v) is 16.6. The largest absolute Gasteiger partial charge is 0.382 e. The molecule has 30 heavy (non-hydrogen) atoms. The van der Waals surface area contributed by atoms with Crippen LogP contribution in [0.1, 0.15) is 21.0 Å². The monoisotopic (exact) mass is 419 g/mol. The van der Waals surface area contributed by atoms with Gasteiger partial charge in [0.2, 0.25) is 5.62 Å². The number of halogens is 3. The third-order valence-electron chi connectivity index (χ3n) is 4.48. The van der Waals surface area contributed by atoms with E-state index in [1.807, 2.05) is 0 Å². The van der Waals surface area contributed by atoms with E-state index in [4.69, 9.17) is 7.10 Å². The van der Waals surface area contributed by atoms with Gasteiger partial charge in [0.25, 0.3) is 6.43 Å². The Morgan fingerprint density at radius 1 is 1.27 bits per heavy atom. The molecule has 0 fully saturated rings. The minimum absolute atomic E-state index is 0.0502. The van der Waals surface area contributed by atoms with Gasteiger partial charge in [0.05, 0.1) is 20.2 Å². The summed E-state index contributed by atoms with van der Waals surface area (Å²) in [5, 5.41) is 2.84. The van der Waals surface area contributed by atoms with Crippen molar-refractivity contribution in [3.05, 3.63) is 35.8 Å². The van der Waals surface area contributed by atoms with Gasteiger partial charge < -0.3 is 10.3 Å². The molecule has 8 nitrogen and oxygen atoms in total. The van der Waals surface area contributed by atoms with Crippen LogP contribution in [0.25, 0.3) is 27.9 Å². The van der Waals surface area contributed by atoms with E-state index >= 15 is 0 Å². The fourth-order valence-corrected chi connectivity index (χ4v) is 3.17. The average Bonchev–Trinajstić information content (AvgIpc) is 3.16. The lowest BCUT2D eigenvalue weighted by molar-refractivity contribution is 0.127. The highest BCUT2D eigenvalue weighted by atomic mass is 19.3. The zero-order valence-electron chi connectivity index (χ0n) is 17.6. The van der Waals surface area contributed by atoms with Crippen molar-refractivity contribution in [1.82, 2.24) is 29.1 Å². The SMILES string of the molecule is [2H]c1cc(-c2ccc3nc(C)n(CC(F)F)c3n2)c2c(N)nc(=NCC(C)(C)F)[nH]n12. The van der Waals surface area contributed by atoms with Crippen LogP contribution in [0, 0.1) is 6.92 Å². The summed E-state index contributed by atoms with van der Waals surface area (Å²) in [7, 11) is 0. The number of hydrogen-bond acceptors (Lipinski definition) is 5. The molecule has 0 saturated heterocycles. The van der Waals surface area contributed by atoms with E-state index < -0.39 is 18.6 Å². The number of aryl methyl sites for hydroxylation is 1. The first-order valence-electron chi connectivity index (χ1n) is 9.73. The van der Waals surface area contributed by atoms with Gasteiger partial charge in [-0.25, -0.2) is 28.1 Å². The van der Waals surface area contributed by atoms with Gasteiger partial charge in [-0.2, -0.15) is 4.98 Å². The second kappa shape index (κ2) is 7.15. The number of aromatic nitrogens is 6. The lowest BCUT2D eigenvalue weighted by atomic mass is 10.2. The number of alkyl halides is 3. The van der Waals surface area contributed by atoms with Crippen LogP contribution in [0.2, 0.25) is 0 Å². The number of nitrogens with one attached hydrogen (secondary N) is 1. The summed E-state index contributed by atoms with van der Waals surface area (Å²) in [5.41, 5.74) is 6.79. The molecule has 4 heterocycles. The smallest absolute Gasteiger partial charge is 0.256 e. The third kappa shape index (κ3) is 3.74. The Morgan fingerprint density at radius 2 is 2.03 bits per heavy atom. The Kier molecular flexibility index (Phi) is 4.44. The molecule has 0 aromatic carbocycles. The normalized spacial score (nSPS) is 13.7. The minimum Gasteiger partial charge on any atom is -0.382 e. The Hall–Kier alpha value is -3.37. The van der Waals surface area contributed by atoms with E-state index in [0.717, 1.165) is 0 Å². The van der Waals surface area contributed by atoms with E-state index in [1.54, 1.807) is 19.1 Å². The molecular formula is C19H21F3N8. The molecule has 0 amide bonds. The molecule has 0 saturated carbocycles. The van der Waals surface area contributed by atoms with Crippen molar-refractivity contribution in [1.29, 1.82) is 0 Å². The molecular weight excluding hydrogens is 397 g/mol. The van der Waals surface area contributed by atoms with E-state index in [9.17, 15) is 13.2 Å². The van der Waals surface area contributed by atoms with E-state index in [1.165, 1.54) is 29.0 Å². The number of aromatic amines is 1. The highest BCUT2D eigenvalue weighted by Gasteiger charge is 2.17. The van der Waals surface area contributed by atoms with Gasteiger partial charge in [0, 0.05) is 11.7 Å². The van der Waals surface area contributed by atoms with Crippen LogP contribution in [0.5, 0.6) is 0 Å². The molecule has 0 bridgehead atoms. The maximum atomic E-state index is 13.8. The Labute approximate surface area is 170 Å². The highest BCUT2D eigenvalue weighted by molar-refractivity contribution is 5.88. The molecule has 4 aromatic rings. The summed E-state index contributed by atoms with van der Waals surface area (Å²) >= 11 is 0. The molecule has 0 atom stereocenters. The molecule has 4 rings (SSSR count). The van der Waals surface area contributed by atoms with Crippen LogP contribution in [0.3, 0.4) is 0 Å². The van der Waals surface area contributed by atoms with Crippen LogP contribution >= 0.6 is 0 Å². The number of imidazole rings is 1. The average molecular weight is 419 g/mol. The van der Waals surface area contributed by atoms with Gasteiger partial charge in [-0.1, -0.05) is 0 Å². The fourth-order valence-electron chi connectivity index (χ4n) is 3.17. The van der Waals surface area contributed by atoms with Crippen LogP contribution < -0.4 is 11.4 Å². The van der Waals surface area contributed by atoms with Crippen molar-refractivity contribution in [2.75, 3.05) is 12.3 Å². The molecule has 0 aliphatic rings. The topological polar surface area (TPSA) is 102 Å². The first-order chi connectivity index (χ1) is 14.5. The molecule has 158 valence electrons. The number of nitrogens with two attached hydrogens (primary N) is 1. The second-order valence-corrected chi connectivity index (χ2v) is 7.54. The first kappa shape index (κ1) is 18.6. The zero-order chi connectivity index (χ0) is 22.5. The fraction of sp³-hybridized carbons (Fsp3) is 0.368. The van der Waals surface area contributed by atoms with Gasteiger partial charge in [0.1, 0.15) is 22.5 Å². The van der Waals surface area contributed by atoms with Crippen molar-refractivity contribution >= 4 is 22.5 Å². The lowest BCUT2D eigenvalue weighted by Crippen LogP contribution is -2.24. The molecule has 0 aliphatic heterocycles. The maximum Gasteiger partial charge on any atom is 0.256 e.